The van der Waals surface area contributed by atoms with Crippen LogP contribution < -0.4 is 15.5 Å². The maximum atomic E-state index is 12.4. The third-order valence-electron chi connectivity index (χ3n) is 4.77. The molecule has 0 radical (unpaired) electrons. The van der Waals surface area contributed by atoms with Gasteiger partial charge in [-0.3, -0.25) is 9.59 Å². The molecule has 28 heavy (non-hydrogen) atoms. The first kappa shape index (κ1) is 18.3. The summed E-state index contributed by atoms with van der Waals surface area (Å²) in [7, 11) is 0. The zero-order valence-corrected chi connectivity index (χ0v) is 16.1. The maximum Gasteiger partial charge on any atom is 0.291 e. The fourth-order valence-corrected chi connectivity index (χ4v) is 4.12. The number of amides is 2. The van der Waals surface area contributed by atoms with Crippen LogP contribution in [0.25, 0.3) is 0 Å². The van der Waals surface area contributed by atoms with Crippen LogP contribution in [0.3, 0.4) is 0 Å². The largest absolute Gasteiger partial charge is 0.459 e. The molecule has 1 aliphatic heterocycles. The molecule has 6 nitrogen and oxygen atoms in total. The molecule has 0 spiro atoms. The van der Waals surface area contributed by atoms with E-state index >= 15 is 0 Å². The molecular weight excluding hydrogens is 374 g/mol. The Morgan fingerprint density at radius 3 is 2.71 bits per heavy atom. The maximum absolute atomic E-state index is 12.4. The van der Waals surface area contributed by atoms with Crippen LogP contribution in [0.5, 0.6) is 0 Å². The van der Waals surface area contributed by atoms with Crippen LogP contribution in [0.1, 0.15) is 26.6 Å². The average molecular weight is 395 g/mol. The summed E-state index contributed by atoms with van der Waals surface area (Å²) < 4.78 is 5.07. The number of nitrogens with zero attached hydrogens (tertiary/aromatic N) is 1. The predicted octanol–water partition coefficient (Wildman–Crippen LogP) is 3.85. The molecule has 144 valence electrons. The Hall–Kier alpha value is -3.06. The molecule has 3 aromatic rings. The van der Waals surface area contributed by atoms with Crippen molar-refractivity contribution in [2.75, 3.05) is 29.9 Å². The highest BCUT2D eigenvalue weighted by atomic mass is 32.1. The number of carbonyl (C=O) groups excluding carboxylic acids is 2. The number of furan rings is 1. The third kappa shape index (κ3) is 4.26. The molecule has 2 aromatic heterocycles. The highest BCUT2D eigenvalue weighted by molar-refractivity contribution is 7.18. The minimum atomic E-state index is -0.328. The number of hydrogen-bond donors (Lipinski definition) is 2. The molecular formula is C21H21N3O3S. The van der Waals surface area contributed by atoms with Crippen molar-refractivity contribution >= 4 is 33.8 Å². The van der Waals surface area contributed by atoms with E-state index in [4.69, 9.17) is 4.42 Å². The first-order valence-electron chi connectivity index (χ1n) is 9.22. The van der Waals surface area contributed by atoms with Crippen molar-refractivity contribution < 1.29 is 14.0 Å². The van der Waals surface area contributed by atoms with Gasteiger partial charge in [-0.15, -0.1) is 11.3 Å². The summed E-state index contributed by atoms with van der Waals surface area (Å²) in [5.41, 5.74) is 1.23. The van der Waals surface area contributed by atoms with E-state index in [2.05, 4.69) is 27.7 Å². The molecule has 2 N–H and O–H groups in total. The second-order valence-corrected chi connectivity index (χ2v) is 7.83. The van der Waals surface area contributed by atoms with Gasteiger partial charge in [-0.25, -0.2) is 0 Å². The summed E-state index contributed by atoms with van der Waals surface area (Å²) in [5, 5.41) is 6.37. The molecule has 0 bridgehead atoms. The van der Waals surface area contributed by atoms with Gasteiger partial charge in [0.25, 0.3) is 11.8 Å². The molecule has 4 rings (SSSR count). The first-order valence-corrected chi connectivity index (χ1v) is 10.0. The Morgan fingerprint density at radius 1 is 1.07 bits per heavy atom. The molecule has 7 heteroatoms. The molecule has 0 saturated carbocycles. The van der Waals surface area contributed by atoms with Gasteiger partial charge in [0.05, 0.1) is 16.1 Å². The van der Waals surface area contributed by atoms with Crippen LogP contribution in [0, 0.1) is 5.92 Å². The quantitative estimate of drug-likeness (QED) is 0.665. The summed E-state index contributed by atoms with van der Waals surface area (Å²) in [6.45, 7) is 2.60. The number of nitrogens with one attached hydrogen (secondary N) is 2. The normalized spacial score (nSPS) is 16.1. The summed E-state index contributed by atoms with van der Waals surface area (Å²) in [4.78, 5) is 27.4. The van der Waals surface area contributed by atoms with Gasteiger partial charge in [0, 0.05) is 25.3 Å². The van der Waals surface area contributed by atoms with Crippen molar-refractivity contribution in [1.82, 2.24) is 5.32 Å². The number of anilines is 2. The first-order chi connectivity index (χ1) is 13.7. The number of thiophene rings is 1. The average Bonchev–Trinajstić information content (AvgIpc) is 3.48. The number of rotatable bonds is 6. The second-order valence-electron chi connectivity index (χ2n) is 6.74. The summed E-state index contributed by atoms with van der Waals surface area (Å²) >= 11 is 1.25. The van der Waals surface area contributed by atoms with Gasteiger partial charge < -0.3 is 20.0 Å². The van der Waals surface area contributed by atoms with E-state index in [0.717, 1.165) is 19.5 Å². The van der Waals surface area contributed by atoms with Crippen LogP contribution in [-0.2, 0) is 0 Å². The highest BCUT2D eigenvalue weighted by Gasteiger charge is 2.23. The minimum absolute atomic E-state index is 0.110. The van der Waals surface area contributed by atoms with E-state index in [9.17, 15) is 9.59 Å². The van der Waals surface area contributed by atoms with Gasteiger partial charge in [0.1, 0.15) is 0 Å². The topological polar surface area (TPSA) is 74.6 Å². The van der Waals surface area contributed by atoms with Crippen molar-refractivity contribution in [2.24, 2.45) is 5.92 Å². The Balaban J connectivity index is 1.27. The van der Waals surface area contributed by atoms with E-state index in [1.54, 1.807) is 24.3 Å². The zero-order valence-electron chi connectivity index (χ0n) is 15.3. The Kier molecular flexibility index (Phi) is 5.43. The molecule has 1 atom stereocenters. The van der Waals surface area contributed by atoms with E-state index in [0.29, 0.717) is 22.3 Å². The molecule has 1 unspecified atom stereocenters. The Bertz CT molecular complexity index is 937. The molecule has 1 saturated heterocycles. The Morgan fingerprint density at radius 2 is 1.93 bits per heavy atom. The fraction of sp³-hybridized carbons (Fsp3) is 0.238. The van der Waals surface area contributed by atoms with Crippen molar-refractivity contribution in [2.45, 2.75) is 6.42 Å². The summed E-state index contributed by atoms with van der Waals surface area (Å²) in [5.74, 6) is 0.235. The second kappa shape index (κ2) is 8.31. The van der Waals surface area contributed by atoms with E-state index < -0.39 is 0 Å². The predicted molar refractivity (Wildman–Crippen MR) is 110 cm³/mol. The lowest BCUT2D eigenvalue weighted by Gasteiger charge is -2.18. The van der Waals surface area contributed by atoms with Crippen LogP contribution in [0.2, 0.25) is 0 Å². The standard InChI is InChI=1S/C21H21N3O3S/c25-20(17-7-4-12-27-17)23-19-9-8-18(28-19)21(26)22-13-15-10-11-24(14-15)16-5-2-1-3-6-16/h1-9,12,15H,10-11,13-14H2,(H,22,26)(H,23,25). The molecule has 2 amide bonds. The number of benzene rings is 1. The van der Waals surface area contributed by atoms with E-state index in [-0.39, 0.29) is 17.6 Å². The van der Waals surface area contributed by atoms with Crippen molar-refractivity contribution in [3.63, 3.8) is 0 Å². The van der Waals surface area contributed by atoms with Crippen LogP contribution in [-0.4, -0.2) is 31.4 Å². The minimum Gasteiger partial charge on any atom is -0.459 e. The summed E-state index contributed by atoms with van der Waals surface area (Å²) in [6.07, 6.45) is 2.51. The van der Waals surface area contributed by atoms with E-state index in [1.807, 2.05) is 18.2 Å². The van der Waals surface area contributed by atoms with Gasteiger partial charge >= 0.3 is 0 Å². The number of carbonyl (C=O) groups is 2. The summed E-state index contributed by atoms with van der Waals surface area (Å²) in [6, 6.07) is 17.0. The molecule has 1 aromatic carbocycles. The molecule has 1 aliphatic rings. The van der Waals surface area contributed by atoms with Crippen LogP contribution >= 0.6 is 11.3 Å². The monoisotopic (exact) mass is 395 g/mol. The van der Waals surface area contributed by atoms with Gasteiger partial charge in [-0.1, -0.05) is 18.2 Å². The van der Waals surface area contributed by atoms with Gasteiger partial charge in [0.2, 0.25) is 0 Å². The van der Waals surface area contributed by atoms with Gasteiger partial charge in [0.15, 0.2) is 5.76 Å². The smallest absolute Gasteiger partial charge is 0.291 e. The van der Waals surface area contributed by atoms with Crippen molar-refractivity contribution in [3.8, 4) is 0 Å². The lowest BCUT2D eigenvalue weighted by atomic mass is 10.1. The van der Waals surface area contributed by atoms with Crippen LogP contribution in [0.15, 0.2) is 65.3 Å². The van der Waals surface area contributed by atoms with Crippen LogP contribution in [0.4, 0.5) is 10.7 Å². The number of hydrogen-bond acceptors (Lipinski definition) is 5. The van der Waals surface area contributed by atoms with E-state index in [1.165, 1.54) is 23.3 Å². The highest BCUT2D eigenvalue weighted by Crippen LogP contribution is 2.24. The lowest BCUT2D eigenvalue weighted by Crippen LogP contribution is -2.30. The molecule has 3 heterocycles. The van der Waals surface area contributed by atoms with Gasteiger partial charge in [-0.05, 0) is 48.7 Å². The third-order valence-corrected chi connectivity index (χ3v) is 5.77. The van der Waals surface area contributed by atoms with Gasteiger partial charge in [-0.2, -0.15) is 0 Å². The number of para-hydroxylation sites is 1. The molecule has 1 fully saturated rings. The lowest BCUT2D eigenvalue weighted by molar-refractivity contribution is 0.0951. The SMILES string of the molecule is O=C(Nc1ccc(C(=O)NCC2CCN(c3ccccc3)C2)s1)c1ccco1. The zero-order chi connectivity index (χ0) is 19.3. The van der Waals surface area contributed by atoms with Crippen molar-refractivity contribution in [3.05, 3.63) is 71.5 Å². The van der Waals surface area contributed by atoms with Crippen molar-refractivity contribution in [1.29, 1.82) is 0 Å². The Labute approximate surface area is 167 Å². The fourth-order valence-electron chi connectivity index (χ4n) is 3.31. The molecule has 0 aliphatic carbocycles.